The number of anilines is 1. The fourth-order valence-electron chi connectivity index (χ4n) is 0.973. The van der Waals surface area contributed by atoms with Gasteiger partial charge in [-0.05, 0) is 0 Å². The third kappa shape index (κ3) is 2.66. The number of hydrogen-bond acceptors (Lipinski definition) is 5. The van der Waals surface area contributed by atoms with Crippen molar-refractivity contribution in [3.63, 3.8) is 0 Å². The molecule has 0 atom stereocenters. The summed E-state index contributed by atoms with van der Waals surface area (Å²) in [6.07, 6.45) is -4.91. The number of methoxy groups -OCH3 is 1. The quantitative estimate of drug-likeness (QED) is 0.835. The zero-order valence-corrected chi connectivity index (χ0v) is 8.00. The molecule has 1 heterocycles. The first kappa shape index (κ1) is 11.9. The highest BCUT2D eigenvalue weighted by Crippen LogP contribution is 2.32. The van der Waals surface area contributed by atoms with Crippen molar-refractivity contribution in [2.75, 3.05) is 12.8 Å². The molecule has 0 fully saturated rings. The van der Waals surface area contributed by atoms with Gasteiger partial charge < -0.3 is 15.2 Å². The number of nitrogen functional groups attached to an aromatic ring is 1. The Labute approximate surface area is 88.2 Å². The first-order valence-corrected chi connectivity index (χ1v) is 3.87. The number of nitrogens with two attached hydrogens (primary N) is 1. The first-order valence-electron chi connectivity index (χ1n) is 3.87. The molecule has 0 spiro atoms. The molecule has 0 aliphatic carbocycles. The number of hydrogen-bond donors (Lipinski definition) is 1. The molecule has 1 aromatic heterocycles. The number of pyridine rings is 1. The van der Waals surface area contributed by atoms with Gasteiger partial charge in [-0.3, -0.25) is 0 Å². The molecule has 0 bridgehead atoms. The summed E-state index contributed by atoms with van der Waals surface area (Å²) >= 11 is 0. The van der Waals surface area contributed by atoms with Crippen LogP contribution in [0.25, 0.3) is 0 Å². The topological polar surface area (TPSA) is 81.2 Å². The predicted octanol–water partition coefficient (Wildman–Crippen LogP) is 1.44. The van der Waals surface area contributed by atoms with Crippen LogP contribution in [0, 0.1) is 11.3 Å². The molecule has 0 aliphatic rings. The van der Waals surface area contributed by atoms with E-state index in [9.17, 15) is 13.2 Å². The van der Waals surface area contributed by atoms with Crippen molar-refractivity contribution in [1.29, 1.82) is 5.26 Å². The first-order chi connectivity index (χ1) is 7.37. The van der Waals surface area contributed by atoms with Crippen LogP contribution in [0.3, 0.4) is 0 Å². The van der Waals surface area contributed by atoms with Gasteiger partial charge in [0.2, 0.25) is 5.88 Å². The summed E-state index contributed by atoms with van der Waals surface area (Å²) in [6.45, 7) is 0. The fraction of sp³-hybridized carbons (Fsp3) is 0.250. The van der Waals surface area contributed by atoms with Crippen LogP contribution < -0.4 is 15.2 Å². The molecule has 0 saturated carbocycles. The minimum atomic E-state index is -4.91. The number of nitrogens with zero attached hydrogens (tertiary/aromatic N) is 2. The van der Waals surface area contributed by atoms with Crippen molar-refractivity contribution < 1.29 is 22.6 Å². The highest BCUT2D eigenvalue weighted by Gasteiger charge is 2.33. The lowest BCUT2D eigenvalue weighted by molar-refractivity contribution is -0.274. The number of aromatic nitrogens is 1. The summed E-state index contributed by atoms with van der Waals surface area (Å²) in [7, 11) is 1.15. The monoisotopic (exact) mass is 233 g/mol. The lowest BCUT2D eigenvalue weighted by Crippen LogP contribution is -2.18. The second kappa shape index (κ2) is 4.14. The Balaban J connectivity index is 3.27. The Morgan fingerprint density at radius 2 is 2.12 bits per heavy atom. The van der Waals surface area contributed by atoms with Crippen LogP contribution in [0.15, 0.2) is 6.07 Å². The summed E-state index contributed by atoms with van der Waals surface area (Å²) in [5, 5.41) is 8.66. The smallest absolute Gasteiger partial charge is 0.480 e. The minimum absolute atomic E-state index is 0.241. The van der Waals surface area contributed by atoms with Gasteiger partial charge >= 0.3 is 6.36 Å². The molecule has 0 aromatic carbocycles. The zero-order chi connectivity index (χ0) is 12.3. The van der Waals surface area contributed by atoms with E-state index in [2.05, 4.69) is 14.5 Å². The van der Waals surface area contributed by atoms with Gasteiger partial charge in [0.25, 0.3) is 0 Å². The Kier molecular flexibility index (Phi) is 3.08. The molecule has 0 radical (unpaired) electrons. The van der Waals surface area contributed by atoms with E-state index < -0.39 is 17.7 Å². The normalized spacial score (nSPS) is 10.7. The lowest BCUT2D eigenvalue weighted by Gasteiger charge is -2.12. The molecule has 0 aliphatic heterocycles. The third-order valence-corrected chi connectivity index (χ3v) is 1.50. The largest absolute Gasteiger partial charge is 0.573 e. The van der Waals surface area contributed by atoms with Gasteiger partial charge in [0.1, 0.15) is 11.9 Å². The minimum Gasteiger partial charge on any atom is -0.480 e. The Morgan fingerprint density at radius 1 is 1.50 bits per heavy atom. The predicted molar refractivity (Wildman–Crippen MR) is 46.6 cm³/mol. The second-order valence-electron chi connectivity index (χ2n) is 2.59. The SMILES string of the molecule is COc1nc(N)cc(OC(F)(F)F)c1C#N. The van der Waals surface area contributed by atoms with Crippen molar-refractivity contribution in [2.45, 2.75) is 6.36 Å². The van der Waals surface area contributed by atoms with E-state index in [-0.39, 0.29) is 11.7 Å². The molecule has 8 heteroatoms. The Bertz CT molecular complexity index is 439. The molecule has 16 heavy (non-hydrogen) atoms. The van der Waals surface area contributed by atoms with E-state index in [1.807, 2.05) is 0 Å². The molecule has 5 nitrogen and oxygen atoms in total. The molecule has 0 unspecified atom stereocenters. The van der Waals surface area contributed by atoms with Crippen LogP contribution in [0.4, 0.5) is 19.0 Å². The van der Waals surface area contributed by atoms with Gasteiger partial charge in [-0.1, -0.05) is 0 Å². The molecule has 2 N–H and O–H groups in total. The van der Waals surface area contributed by atoms with Crippen LogP contribution in [-0.2, 0) is 0 Å². The van der Waals surface area contributed by atoms with E-state index in [0.29, 0.717) is 0 Å². The summed E-state index contributed by atoms with van der Waals surface area (Å²) in [5.74, 6) is -1.30. The second-order valence-corrected chi connectivity index (χ2v) is 2.59. The number of ether oxygens (including phenoxy) is 2. The van der Waals surface area contributed by atoms with E-state index in [1.165, 1.54) is 6.07 Å². The van der Waals surface area contributed by atoms with Crippen molar-refractivity contribution >= 4 is 5.82 Å². The average molecular weight is 233 g/mol. The van der Waals surface area contributed by atoms with Crippen molar-refractivity contribution in [2.24, 2.45) is 0 Å². The zero-order valence-electron chi connectivity index (χ0n) is 8.00. The van der Waals surface area contributed by atoms with Gasteiger partial charge in [-0.25, -0.2) is 0 Å². The fourth-order valence-corrected chi connectivity index (χ4v) is 0.973. The van der Waals surface area contributed by atoms with E-state index in [4.69, 9.17) is 11.0 Å². The van der Waals surface area contributed by atoms with Gasteiger partial charge in [-0.2, -0.15) is 10.2 Å². The molecule has 1 aromatic rings. The number of alkyl halides is 3. The van der Waals surface area contributed by atoms with Crippen LogP contribution in [0.2, 0.25) is 0 Å². The molecule has 1 rings (SSSR count). The molecular formula is C8H6F3N3O2. The maximum absolute atomic E-state index is 12.0. The lowest BCUT2D eigenvalue weighted by atomic mass is 10.2. The molecule has 0 saturated heterocycles. The highest BCUT2D eigenvalue weighted by molar-refractivity contribution is 5.54. The Hall–Kier alpha value is -2.17. The maximum atomic E-state index is 12.0. The third-order valence-electron chi connectivity index (χ3n) is 1.50. The highest BCUT2D eigenvalue weighted by atomic mass is 19.4. The van der Waals surface area contributed by atoms with E-state index in [0.717, 1.165) is 13.2 Å². The summed E-state index contributed by atoms with van der Waals surface area (Å²) in [6, 6.07) is 2.30. The van der Waals surface area contributed by atoms with Gasteiger partial charge in [-0.15, -0.1) is 13.2 Å². The molecule has 0 amide bonds. The van der Waals surface area contributed by atoms with Crippen LogP contribution in [0.1, 0.15) is 5.56 Å². The number of nitriles is 1. The van der Waals surface area contributed by atoms with Crippen LogP contribution in [0.5, 0.6) is 11.6 Å². The summed E-state index contributed by atoms with van der Waals surface area (Å²) < 4.78 is 44.2. The maximum Gasteiger partial charge on any atom is 0.573 e. The average Bonchev–Trinajstić information content (AvgIpc) is 2.14. The standard InChI is InChI=1S/C8H6F3N3O2/c1-15-7-4(3-12)5(2-6(13)14-7)16-8(9,10)11/h2H,1H3,(H2,13,14). The number of halogens is 3. The van der Waals surface area contributed by atoms with Gasteiger partial charge in [0.15, 0.2) is 11.3 Å². The van der Waals surface area contributed by atoms with E-state index >= 15 is 0 Å². The van der Waals surface area contributed by atoms with Gasteiger partial charge in [0.05, 0.1) is 7.11 Å². The van der Waals surface area contributed by atoms with Crippen LogP contribution in [-0.4, -0.2) is 18.5 Å². The molecular weight excluding hydrogens is 227 g/mol. The molecule has 86 valence electrons. The number of rotatable bonds is 2. The van der Waals surface area contributed by atoms with E-state index in [1.54, 1.807) is 0 Å². The van der Waals surface area contributed by atoms with Crippen molar-refractivity contribution in [1.82, 2.24) is 4.98 Å². The summed E-state index contributed by atoms with van der Waals surface area (Å²) in [4.78, 5) is 3.54. The Morgan fingerprint density at radius 3 is 2.56 bits per heavy atom. The van der Waals surface area contributed by atoms with Crippen molar-refractivity contribution in [3.05, 3.63) is 11.6 Å². The van der Waals surface area contributed by atoms with Gasteiger partial charge in [0, 0.05) is 6.07 Å². The summed E-state index contributed by atoms with van der Waals surface area (Å²) in [5.41, 5.74) is 4.77. The van der Waals surface area contributed by atoms with Crippen LogP contribution >= 0.6 is 0 Å². The van der Waals surface area contributed by atoms with Crippen molar-refractivity contribution in [3.8, 4) is 17.7 Å².